The number of amides is 2. The topological polar surface area (TPSA) is 87.1 Å². The number of rotatable bonds is 4. The number of hydrogen-bond donors (Lipinski definition) is 3. The van der Waals surface area contributed by atoms with Crippen molar-refractivity contribution in [3.8, 4) is 21.8 Å². The van der Waals surface area contributed by atoms with E-state index in [1.165, 1.54) is 11.3 Å². The number of aliphatic hydroxyl groups is 1. The third kappa shape index (κ3) is 4.91. The predicted molar refractivity (Wildman–Crippen MR) is 145 cm³/mol. The number of pyridine rings is 1. The number of benzene rings is 2. The molecule has 2 aromatic heterocycles. The first kappa shape index (κ1) is 25.9. The molecule has 6 nitrogen and oxygen atoms in total. The Morgan fingerprint density at radius 2 is 1.79 bits per heavy atom. The van der Waals surface area contributed by atoms with E-state index in [-0.39, 0.29) is 6.42 Å². The Morgan fingerprint density at radius 3 is 2.47 bits per heavy atom. The summed E-state index contributed by atoms with van der Waals surface area (Å²) in [5, 5.41) is 17.5. The van der Waals surface area contributed by atoms with Crippen molar-refractivity contribution < 1.29 is 18.7 Å². The van der Waals surface area contributed by atoms with E-state index in [1.54, 1.807) is 6.20 Å². The summed E-state index contributed by atoms with van der Waals surface area (Å²) in [4.78, 5) is 23.4. The second-order valence-electron chi connectivity index (χ2n) is 10.2. The number of nitrogens with one attached hydrogen (secondary N) is 2. The van der Waals surface area contributed by atoms with Crippen molar-refractivity contribution >= 4 is 23.1 Å². The summed E-state index contributed by atoms with van der Waals surface area (Å²) < 4.78 is 28.3. The van der Waals surface area contributed by atoms with Crippen molar-refractivity contribution in [2.45, 2.75) is 51.7 Å². The summed E-state index contributed by atoms with van der Waals surface area (Å²) in [6.45, 7) is 7.56. The Balaban J connectivity index is 1.49. The van der Waals surface area contributed by atoms with Crippen LogP contribution in [0, 0.1) is 25.5 Å². The lowest BCUT2D eigenvalue weighted by atomic mass is 9.69. The lowest BCUT2D eigenvalue weighted by Gasteiger charge is -2.40. The summed E-state index contributed by atoms with van der Waals surface area (Å²) >= 11 is 1.54. The van der Waals surface area contributed by atoms with Gasteiger partial charge in [-0.2, -0.15) is 0 Å². The van der Waals surface area contributed by atoms with E-state index in [9.17, 15) is 18.7 Å². The quantitative estimate of drug-likeness (QED) is 0.273. The molecule has 1 aliphatic carbocycles. The molecule has 2 amide bonds. The van der Waals surface area contributed by atoms with Crippen LogP contribution >= 0.6 is 11.3 Å². The van der Waals surface area contributed by atoms with Gasteiger partial charge >= 0.3 is 6.03 Å². The Hall–Kier alpha value is -3.69. The molecule has 0 spiro atoms. The molecule has 4 aromatic rings. The summed E-state index contributed by atoms with van der Waals surface area (Å²) in [5.41, 5.74) is 3.81. The number of aliphatic hydroxyl groups excluding tert-OH is 1. The minimum Gasteiger partial charge on any atom is -0.391 e. The van der Waals surface area contributed by atoms with E-state index in [0.29, 0.717) is 22.5 Å². The fraction of sp³-hybridized carbons (Fsp3) is 0.276. The molecule has 3 N–H and O–H groups in total. The smallest absolute Gasteiger partial charge is 0.319 e. The van der Waals surface area contributed by atoms with Crippen molar-refractivity contribution in [2.24, 2.45) is 0 Å². The van der Waals surface area contributed by atoms with Gasteiger partial charge in [-0.15, -0.1) is 11.3 Å². The molecule has 0 aliphatic heterocycles. The zero-order valence-electron chi connectivity index (χ0n) is 21.5. The van der Waals surface area contributed by atoms with E-state index in [4.69, 9.17) is 4.98 Å². The minimum absolute atomic E-state index is 0.273. The number of thiazole rings is 1. The summed E-state index contributed by atoms with van der Waals surface area (Å²) in [7, 11) is 0. The zero-order chi connectivity index (χ0) is 27.2. The zero-order valence-corrected chi connectivity index (χ0v) is 22.3. The largest absolute Gasteiger partial charge is 0.391 e. The molecule has 5 rings (SSSR count). The molecule has 0 saturated heterocycles. The van der Waals surface area contributed by atoms with E-state index in [0.717, 1.165) is 38.8 Å². The standard InChI is InChI=1S/C29H28F2N4O2S/c1-15-10-22(26(17-8-6-5-7-9-17)34-25(15)24-14-32-16(2)38-24)33-28(37)35-27-18-11-20(30)21(31)12-19(18)29(3,4)13-23(27)36/h5-12,14,23,27,36H,13H2,1-4H3,(H2,33,35,37)/t23-,27-/m1/s1. The van der Waals surface area contributed by atoms with Gasteiger partial charge in [0.25, 0.3) is 0 Å². The Labute approximate surface area is 223 Å². The van der Waals surface area contributed by atoms with Crippen LogP contribution in [-0.4, -0.2) is 27.2 Å². The molecule has 2 atom stereocenters. The molecular formula is C29H28F2N4O2S. The molecule has 0 saturated carbocycles. The third-order valence-corrected chi connectivity index (χ3v) is 7.83. The number of aromatic nitrogens is 2. The SMILES string of the molecule is Cc1ncc(-c2nc(-c3ccccc3)c(NC(=O)N[C@@H]3c4cc(F)c(F)cc4C(C)(C)C[C@H]3O)cc2C)s1. The van der Waals surface area contributed by atoms with E-state index in [1.807, 2.05) is 64.1 Å². The molecule has 0 radical (unpaired) electrons. The molecule has 0 bridgehead atoms. The molecular weight excluding hydrogens is 506 g/mol. The number of carbonyl (C=O) groups excluding carboxylic acids is 1. The fourth-order valence-corrected chi connectivity index (χ4v) is 5.91. The van der Waals surface area contributed by atoms with Crippen molar-refractivity contribution in [3.05, 3.63) is 88.1 Å². The number of aryl methyl sites for hydroxylation is 2. The summed E-state index contributed by atoms with van der Waals surface area (Å²) in [6, 6.07) is 12.1. The van der Waals surface area contributed by atoms with Gasteiger partial charge in [-0.05, 0) is 60.6 Å². The Morgan fingerprint density at radius 1 is 1.08 bits per heavy atom. The van der Waals surface area contributed by atoms with Crippen LogP contribution in [0.2, 0.25) is 0 Å². The van der Waals surface area contributed by atoms with Crippen LogP contribution in [0.4, 0.5) is 19.3 Å². The highest BCUT2D eigenvalue weighted by Gasteiger charge is 2.40. The molecule has 2 heterocycles. The van der Waals surface area contributed by atoms with Gasteiger partial charge in [0, 0.05) is 11.8 Å². The average Bonchev–Trinajstić information content (AvgIpc) is 3.29. The highest BCUT2D eigenvalue weighted by atomic mass is 32.1. The number of urea groups is 1. The summed E-state index contributed by atoms with van der Waals surface area (Å²) in [5.74, 6) is -1.98. The number of fused-ring (bicyclic) bond motifs is 1. The molecule has 196 valence electrons. The summed E-state index contributed by atoms with van der Waals surface area (Å²) in [6.07, 6.45) is 1.07. The lowest BCUT2D eigenvalue weighted by molar-refractivity contribution is 0.0878. The van der Waals surface area contributed by atoms with Crippen molar-refractivity contribution in [1.82, 2.24) is 15.3 Å². The predicted octanol–water partition coefficient (Wildman–Crippen LogP) is 6.67. The molecule has 2 aromatic carbocycles. The van der Waals surface area contributed by atoms with Crippen LogP contribution < -0.4 is 10.6 Å². The monoisotopic (exact) mass is 534 g/mol. The number of carbonyl (C=O) groups is 1. The molecule has 9 heteroatoms. The second-order valence-corrected chi connectivity index (χ2v) is 11.5. The Kier molecular flexibility index (Phi) is 6.75. The van der Waals surface area contributed by atoms with Gasteiger partial charge in [0.1, 0.15) is 0 Å². The van der Waals surface area contributed by atoms with Gasteiger partial charge in [0.2, 0.25) is 0 Å². The maximum atomic E-state index is 14.2. The number of halogens is 2. The molecule has 1 aliphatic rings. The van der Waals surface area contributed by atoms with Gasteiger partial charge in [0.15, 0.2) is 11.6 Å². The highest BCUT2D eigenvalue weighted by Crippen LogP contribution is 2.43. The van der Waals surface area contributed by atoms with Crippen LogP contribution in [0.25, 0.3) is 21.8 Å². The van der Waals surface area contributed by atoms with Gasteiger partial charge in [-0.1, -0.05) is 44.2 Å². The average molecular weight is 535 g/mol. The van der Waals surface area contributed by atoms with Crippen molar-refractivity contribution in [1.29, 1.82) is 0 Å². The third-order valence-electron chi connectivity index (χ3n) is 6.91. The van der Waals surface area contributed by atoms with Gasteiger partial charge < -0.3 is 15.7 Å². The number of hydrogen-bond acceptors (Lipinski definition) is 5. The van der Waals surface area contributed by atoms with Gasteiger partial charge in [0.05, 0.1) is 39.1 Å². The number of anilines is 1. The van der Waals surface area contributed by atoms with Crippen LogP contribution in [0.1, 0.15) is 48.0 Å². The highest BCUT2D eigenvalue weighted by molar-refractivity contribution is 7.15. The van der Waals surface area contributed by atoms with E-state index in [2.05, 4.69) is 15.6 Å². The lowest BCUT2D eigenvalue weighted by Crippen LogP contribution is -2.45. The van der Waals surface area contributed by atoms with Crippen LogP contribution in [0.5, 0.6) is 0 Å². The van der Waals surface area contributed by atoms with Crippen LogP contribution in [0.15, 0.2) is 54.7 Å². The van der Waals surface area contributed by atoms with Crippen LogP contribution in [0.3, 0.4) is 0 Å². The van der Waals surface area contributed by atoms with Gasteiger partial charge in [-0.3, -0.25) is 0 Å². The molecule has 0 unspecified atom stereocenters. The maximum absolute atomic E-state index is 14.2. The van der Waals surface area contributed by atoms with Crippen molar-refractivity contribution in [3.63, 3.8) is 0 Å². The maximum Gasteiger partial charge on any atom is 0.319 e. The normalized spacial score (nSPS) is 18.1. The Bertz CT molecular complexity index is 1520. The first-order chi connectivity index (χ1) is 18.0. The molecule has 38 heavy (non-hydrogen) atoms. The minimum atomic E-state index is -1.03. The van der Waals surface area contributed by atoms with Crippen molar-refractivity contribution in [2.75, 3.05) is 5.32 Å². The van der Waals surface area contributed by atoms with Crippen LogP contribution in [-0.2, 0) is 5.41 Å². The van der Waals surface area contributed by atoms with Gasteiger partial charge in [-0.25, -0.2) is 23.5 Å². The molecule has 0 fully saturated rings. The second kappa shape index (κ2) is 9.89. The number of nitrogens with zero attached hydrogens (tertiary/aromatic N) is 2. The first-order valence-electron chi connectivity index (χ1n) is 12.3. The van der Waals surface area contributed by atoms with E-state index < -0.39 is 35.2 Å². The first-order valence-corrected chi connectivity index (χ1v) is 13.1. The fourth-order valence-electron chi connectivity index (χ4n) is 5.08. The van der Waals surface area contributed by atoms with E-state index >= 15 is 0 Å².